The highest BCUT2D eigenvalue weighted by atomic mass is 32.2. The zero-order valence-electron chi connectivity index (χ0n) is 19.2. The van der Waals surface area contributed by atoms with Gasteiger partial charge in [0.1, 0.15) is 12.1 Å². The third-order valence-electron chi connectivity index (χ3n) is 5.16. The van der Waals surface area contributed by atoms with Gasteiger partial charge in [-0.2, -0.15) is 5.10 Å². The lowest BCUT2D eigenvalue weighted by Gasteiger charge is -2.23. The highest BCUT2D eigenvalue weighted by molar-refractivity contribution is 7.99. The summed E-state index contributed by atoms with van der Waals surface area (Å²) in [6.45, 7) is 12.3. The lowest BCUT2D eigenvalue weighted by Crippen LogP contribution is -2.19. The molecule has 0 saturated carbocycles. The smallest absolute Gasteiger partial charge is 0.262 e. The molecule has 0 aliphatic heterocycles. The maximum Gasteiger partial charge on any atom is 0.262 e. The number of H-pyrrole nitrogens is 1. The number of aromatic amines is 1. The summed E-state index contributed by atoms with van der Waals surface area (Å²) in [6.07, 6.45) is 1.37. The number of hydrogen-bond acceptors (Lipinski definition) is 6. The number of anilines is 1. The highest BCUT2D eigenvalue weighted by Gasteiger charge is 2.27. The number of phenolic OH excluding ortho intramolecular Hbond substituents is 1. The van der Waals surface area contributed by atoms with Gasteiger partial charge >= 0.3 is 0 Å². The van der Waals surface area contributed by atoms with Crippen LogP contribution in [0.4, 0.5) is 5.69 Å². The number of rotatable bonds is 8. The molecule has 32 heavy (non-hydrogen) atoms. The molecular weight excluding hydrogens is 444 g/mol. The Morgan fingerprint density at radius 3 is 2.09 bits per heavy atom. The molecule has 0 aliphatic carbocycles. The number of benzene rings is 2. The Balaban J connectivity index is 2.07. The molecule has 172 valence electrons. The van der Waals surface area contributed by atoms with Crippen LogP contribution in [0.5, 0.6) is 5.75 Å². The van der Waals surface area contributed by atoms with Crippen LogP contribution in [0, 0.1) is 0 Å². The lowest BCUT2D eigenvalue weighted by atomic mass is 9.89. The third-order valence-corrected chi connectivity index (χ3v) is 7.61. The van der Waals surface area contributed by atoms with Crippen LogP contribution < -0.4 is 4.72 Å². The monoisotopic (exact) mass is 474 g/mol. The van der Waals surface area contributed by atoms with Crippen molar-refractivity contribution in [1.82, 2.24) is 15.2 Å². The number of nitrogens with one attached hydrogen (secondary N) is 2. The van der Waals surface area contributed by atoms with Crippen molar-refractivity contribution in [2.45, 2.75) is 74.2 Å². The number of nitrogens with zero attached hydrogens (tertiary/aromatic N) is 2. The maximum absolute atomic E-state index is 13.6. The van der Waals surface area contributed by atoms with Crippen LogP contribution in [0.3, 0.4) is 0 Å². The lowest BCUT2D eigenvalue weighted by molar-refractivity contribution is 0.462. The second-order valence-electron chi connectivity index (χ2n) is 8.67. The van der Waals surface area contributed by atoms with Crippen LogP contribution in [0.2, 0.25) is 0 Å². The molecule has 1 aromatic heterocycles. The minimum atomic E-state index is -3.88. The van der Waals surface area contributed by atoms with Crippen molar-refractivity contribution in [3.05, 3.63) is 53.3 Å². The summed E-state index contributed by atoms with van der Waals surface area (Å²) >= 11 is 1.16. The zero-order chi connectivity index (χ0) is 23.6. The van der Waals surface area contributed by atoms with E-state index in [0.29, 0.717) is 26.6 Å². The molecule has 0 radical (unpaired) electrons. The molecule has 7 nitrogen and oxygen atoms in total. The van der Waals surface area contributed by atoms with E-state index in [-0.39, 0.29) is 17.6 Å². The summed E-state index contributed by atoms with van der Waals surface area (Å²) in [7, 11) is -3.88. The van der Waals surface area contributed by atoms with E-state index >= 15 is 0 Å². The Bertz CT molecular complexity index is 1160. The molecule has 3 N–H and O–H groups in total. The van der Waals surface area contributed by atoms with E-state index in [2.05, 4.69) is 33.8 Å². The minimum Gasteiger partial charge on any atom is -0.507 e. The molecule has 0 aliphatic rings. The van der Waals surface area contributed by atoms with Gasteiger partial charge in [-0.1, -0.05) is 53.7 Å². The predicted molar refractivity (Wildman–Crippen MR) is 128 cm³/mol. The molecular formula is C23H30N4O3S2. The number of aromatic hydroxyl groups is 1. The van der Waals surface area contributed by atoms with Crippen LogP contribution in [0.15, 0.2) is 51.6 Å². The third kappa shape index (κ3) is 5.27. The Hall–Kier alpha value is -2.52. The number of aromatic nitrogens is 3. The summed E-state index contributed by atoms with van der Waals surface area (Å²) in [5.74, 6) is 0.397. The van der Waals surface area contributed by atoms with Crippen LogP contribution in [-0.4, -0.2) is 28.7 Å². The van der Waals surface area contributed by atoms with Crippen LogP contribution >= 0.6 is 11.8 Å². The Morgan fingerprint density at radius 2 is 1.59 bits per heavy atom. The van der Waals surface area contributed by atoms with Crippen molar-refractivity contribution in [2.75, 3.05) is 4.72 Å². The predicted octanol–water partition coefficient (Wildman–Crippen LogP) is 5.83. The maximum atomic E-state index is 13.6. The molecule has 0 saturated heterocycles. The minimum absolute atomic E-state index is 0.0290. The average Bonchev–Trinajstić information content (AvgIpc) is 3.22. The molecule has 0 atom stereocenters. The van der Waals surface area contributed by atoms with Crippen molar-refractivity contribution in [2.24, 2.45) is 0 Å². The molecule has 3 aromatic rings. The first-order valence-corrected chi connectivity index (χ1v) is 12.9. The highest BCUT2D eigenvalue weighted by Crippen LogP contribution is 2.38. The largest absolute Gasteiger partial charge is 0.507 e. The quantitative estimate of drug-likeness (QED) is 0.354. The Kier molecular flexibility index (Phi) is 7.19. The van der Waals surface area contributed by atoms with E-state index in [1.165, 1.54) is 12.4 Å². The van der Waals surface area contributed by atoms with Gasteiger partial charge in [0.05, 0.1) is 15.5 Å². The van der Waals surface area contributed by atoms with Gasteiger partial charge in [0.15, 0.2) is 5.16 Å². The van der Waals surface area contributed by atoms with Gasteiger partial charge in [0.25, 0.3) is 10.0 Å². The van der Waals surface area contributed by atoms with Crippen LogP contribution in [-0.2, 0) is 10.0 Å². The van der Waals surface area contributed by atoms with Crippen molar-refractivity contribution in [1.29, 1.82) is 0 Å². The van der Waals surface area contributed by atoms with Crippen molar-refractivity contribution in [3.8, 4) is 5.75 Å². The summed E-state index contributed by atoms with van der Waals surface area (Å²) in [5.41, 5.74) is 3.11. The molecule has 2 aromatic carbocycles. The fourth-order valence-corrected chi connectivity index (χ4v) is 5.93. The van der Waals surface area contributed by atoms with Gasteiger partial charge in [0, 0.05) is 0 Å². The molecule has 0 amide bonds. The Labute approximate surface area is 194 Å². The number of sulfonamides is 1. The summed E-state index contributed by atoms with van der Waals surface area (Å²) in [5, 5.41) is 17.2. The fraction of sp³-hybridized carbons (Fsp3) is 0.391. The van der Waals surface area contributed by atoms with E-state index < -0.39 is 10.0 Å². The fourth-order valence-electron chi connectivity index (χ4n) is 3.41. The number of hydrogen-bond donors (Lipinski definition) is 3. The van der Waals surface area contributed by atoms with Gasteiger partial charge in [0.2, 0.25) is 0 Å². The van der Waals surface area contributed by atoms with E-state index in [4.69, 9.17) is 0 Å². The molecule has 0 unspecified atom stereocenters. The first-order valence-electron chi connectivity index (χ1n) is 10.6. The summed E-state index contributed by atoms with van der Waals surface area (Å²) in [4.78, 5) is 4.84. The van der Waals surface area contributed by atoms with Gasteiger partial charge < -0.3 is 5.11 Å². The molecule has 1 heterocycles. The van der Waals surface area contributed by atoms with Crippen molar-refractivity contribution < 1.29 is 13.5 Å². The van der Waals surface area contributed by atoms with Gasteiger partial charge in [-0.15, -0.1) is 0 Å². The van der Waals surface area contributed by atoms with Gasteiger partial charge in [-0.25, -0.2) is 13.4 Å². The first kappa shape index (κ1) is 24.1. The molecule has 0 fully saturated rings. The van der Waals surface area contributed by atoms with E-state index in [9.17, 15) is 13.5 Å². The number of phenols is 1. The molecule has 3 rings (SSSR count). The molecule has 9 heteroatoms. The van der Waals surface area contributed by atoms with E-state index in [1.54, 1.807) is 12.1 Å². The zero-order valence-corrected chi connectivity index (χ0v) is 20.8. The van der Waals surface area contributed by atoms with Crippen molar-refractivity contribution >= 4 is 27.5 Å². The summed E-state index contributed by atoms with van der Waals surface area (Å²) < 4.78 is 30.0. The molecule has 0 spiro atoms. The first-order chi connectivity index (χ1) is 15.0. The van der Waals surface area contributed by atoms with Crippen LogP contribution in [0.25, 0.3) is 0 Å². The second kappa shape index (κ2) is 9.54. The normalized spacial score (nSPS) is 12.2. The van der Waals surface area contributed by atoms with E-state index in [1.807, 2.05) is 39.8 Å². The van der Waals surface area contributed by atoms with Gasteiger partial charge in [-0.05, 0) is 64.4 Å². The Morgan fingerprint density at radius 1 is 0.969 bits per heavy atom. The topological polar surface area (TPSA) is 108 Å². The van der Waals surface area contributed by atoms with Crippen LogP contribution in [0.1, 0.15) is 76.0 Å². The standard InChI is InChI=1S/C23H30N4O3S2/c1-13(2)16-9-18(14(3)4)22(19(10-16)15(5)6)32(29,30)27-17-7-8-20(28)21(11-17)31-23-24-12-25-26-23/h7-15,27-28H,1-6H3,(H,24,25,26). The van der Waals surface area contributed by atoms with Gasteiger partial charge in [-0.3, -0.25) is 9.82 Å². The van der Waals surface area contributed by atoms with Crippen molar-refractivity contribution in [3.63, 3.8) is 0 Å². The molecule has 0 bridgehead atoms. The van der Waals surface area contributed by atoms with E-state index in [0.717, 1.165) is 28.5 Å². The summed E-state index contributed by atoms with van der Waals surface area (Å²) in [6, 6.07) is 8.62. The average molecular weight is 475 g/mol. The second-order valence-corrected chi connectivity index (χ2v) is 11.3. The SMILES string of the molecule is CC(C)c1cc(C(C)C)c(S(=O)(=O)Nc2ccc(O)c(Sc3ncn[nH]3)c2)c(C(C)C)c1.